The van der Waals surface area contributed by atoms with E-state index in [9.17, 15) is 0 Å². The van der Waals surface area contributed by atoms with Gasteiger partial charge in [-0.05, 0) is 50.5 Å². The molecule has 0 aliphatic heterocycles. The van der Waals surface area contributed by atoms with Gasteiger partial charge in [-0.1, -0.05) is 22.9 Å². The van der Waals surface area contributed by atoms with Crippen molar-refractivity contribution in [3.63, 3.8) is 0 Å². The Labute approximate surface area is 133 Å². The van der Waals surface area contributed by atoms with E-state index >= 15 is 0 Å². The molecule has 1 aromatic carbocycles. The minimum Gasteiger partial charge on any atom is -0.489 e. The van der Waals surface area contributed by atoms with Crippen molar-refractivity contribution < 1.29 is 9.47 Å². The fourth-order valence-electron chi connectivity index (χ4n) is 1.51. The number of hydrogen-bond acceptors (Lipinski definition) is 3. The molecule has 0 radical (unpaired) electrons. The second-order valence-corrected chi connectivity index (χ2v) is 6.34. The molecule has 1 aromatic rings. The van der Waals surface area contributed by atoms with Crippen molar-refractivity contribution in [1.82, 2.24) is 5.32 Å². The number of likely N-dealkylation sites (N-methyl/N-ethyl adjacent to an activating group) is 1. The van der Waals surface area contributed by atoms with Gasteiger partial charge in [0, 0.05) is 11.6 Å². The lowest BCUT2D eigenvalue weighted by Gasteiger charge is -2.19. The third kappa shape index (κ3) is 5.17. The Bertz CT molecular complexity index is 359. The second kappa shape index (κ2) is 8.53. The largest absolute Gasteiger partial charge is 0.489 e. The Morgan fingerprint density at radius 2 is 1.78 bits per heavy atom. The quantitative estimate of drug-likeness (QED) is 0.688. The Balaban J connectivity index is 2.66. The van der Waals surface area contributed by atoms with Gasteiger partial charge in [0.2, 0.25) is 0 Å². The monoisotopic (exact) mass is 443 g/mol. The van der Waals surface area contributed by atoms with Gasteiger partial charge in [-0.3, -0.25) is 0 Å². The maximum absolute atomic E-state index is 5.83. The Hall–Kier alpha value is 0.380. The summed E-state index contributed by atoms with van der Waals surface area (Å²) in [7, 11) is 1.69. The van der Waals surface area contributed by atoms with Crippen molar-refractivity contribution in [2.24, 2.45) is 0 Å². The molecule has 0 heterocycles. The van der Waals surface area contributed by atoms with Crippen LogP contribution in [0.5, 0.6) is 5.75 Å². The fraction of sp³-hybridized carbons (Fsp3) is 0.500. The molecule has 3 nitrogen and oxygen atoms in total. The number of halogens is 3. The number of rotatable bonds is 7. The smallest absolute Gasteiger partial charge is 0.147 e. The number of benzene rings is 1. The lowest BCUT2D eigenvalue weighted by atomic mass is 10.3. The van der Waals surface area contributed by atoms with E-state index in [-0.39, 0.29) is 6.04 Å². The molecule has 1 N–H and O–H groups in total. The summed E-state index contributed by atoms with van der Waals surface area (Å²) in [6, 6.07) is 4.10. The van der Waals surface area contributed by atoms with E-state index in [0.717, 1.165) is 25.7 Å². The molecule has 1 atom stereocenters. The van der Waals surface area contributed by atoms with Crippen molar-refractivity contribution in [3.8, 4) is 5.75 Å². The van der Waals surface area contributed by atoms with Gasteiger partial charge in [-0.15, -0.1) is 0 Å². The Kier molecular flexibility index (Phi) is 7.79. The zero-order chi connectivity index (χ0) is 13.5. The molecule has 0 fully saturated rings. The summed E-state index contributed by atoms with van der Waals surface area (Å²) in [5.74, 6) is 0.803. The maximum atomic E-state index is 5.83. The minimum absolute atomic E-state index is 0.183. The van der Waals surface area contributed by atoms with Gasteiger partial charge in [0.15, 0.2) is 0 Å². The highest BCUT2D eigenvalue weighted by atomic mass is 79.9. The van der Waals surface area contributed by atoms with Crippen molar-refractivity contribution in [2.45, 2.75) is 13.0 Å². The van der Waals surface area contributed by atoms with Gasteiger partial charge in [0.05, 0.1) is 21.6 Å². The molecule has 1 unspecified atom stereocenters. The molecule has 0 spiro atoms. The number of nitrogens with one attached hydrogen (secondary N) is 1. The van der Waals surface area contributed by atoms with Gasteiger partial charge in [0.25, 0.3) is 0 Å². The van der Waals surface area contributed by atoms with E-state index in [4.69, 9.17) is 9.47 Å². The standard InChI is InChI=1S/C12H16Br3NO2/c1-3-16-9(6-17-2)7-18-12-10(14)4-8(13)5-11(12)15/h4-5,9,16H,3,6-7H2,1-2H3. The van der Waals surface area contributed by atoms with Crippen LogP contribution in [-0.2, 0) is 4.74 Å². The zero-order valence-electron chi connectivity index (χ0n) is 10.3. The summed E-state index contributed by atoms with van der Waals surface area (Å²) in [4.78, 5) is 0. The fourth-order valence-corrected chi connectivity index (χ4v) is 3.99. The molecule has 1 rings (SSSR count). The van der Waals surface area contributed by atoms with Gasteiger partial charge < -0.3 is 14.8 Å². The van der Waals surface area contributed by atoms with E-state index in [1.165, 1.54) is 0 Å². The average molecular weight is 446 g/mol. The summed E-state index contributed by atoms with van der Waals surface area (Å²) in [5, 5.41) is 3.31. The summed E-state index contributed by atoms with van der Waals surface area (Å²) in [6.07, 6.45) is 0. The van der Waals surface area contributed by atoms with E-state index in [1.807, 2.05) is 12.1 Å². The molecule has 0 aromatic heterocycles. The van der Waals surface area contributed by atoms with Crippen LogP contribution in [0.4, 0.5) is 0 Å². The SMILES string of the molecule is CCNC(COC)COc1c(Br)cc(Br)cc1Br. The van der Waals surface area contributed by atoms with Crippen LogP contribution in [0.15, 0.2) is 25.6 Å². The van der Waals surface area contributed by atoms with Crippen LogP contribution < -0.4 is 10.1 Å². The molecule has 6 heteroatoms. The first-order valence-electron chi connectivity index (χ1n) is 5.58. The van der Waals surface area contributed by atoms with Crippen molar-refractivity contribution in [1.29, 1.82) is 0 Å². The normalized spacial score (nSPS) is 12.5. The summed E-state index contributed by atoms with van der Waals surface area (Å²) in [6.45, 7) is 4.13. The van der Waals surface area contributed by atoms with Crippen molar-refractivity contribution >= 4 is 47.8 Å². The van der Waals surface area contributed by atoms with Crippen LogP contribution in [0.2, 0.25) is 0 Å². The first-order chi connectivity index (χ1) is 8.58. The molecule has 0 saturated heterocycles. The highest BCUT2D eigenvalue weighted by Gasteiger charge is 2.12. The molecule has 102 valence electrons. The molecular formula is C12H16Br3NO2. The third-order valence-electron chi connectivity index (χ3n) is 2.25. The van der Waals surface area contributed by atoms with Crippen molar-refractivity contribution in [3.05, 3.63) is 25.6 Å². The van der Waals surface area contributed by atoms with E-state index in [2.05, 4.69) is 60.0 Å². The maximum Gasteiger partial charge on any atom is 0.147 e. The van der Waals surface area contributed by atoms with Crippen LogP contribution in [0.3, 0.4) is 0 Å². The first-order valence-corrected chi connectivity index (χ1v) is 7.96. The highest BCUT2D eigenvalue weighted by molar-refractivity contribution is 9.11. The predicted molar refractivity (Wildman–Crippen MR) is 84.4 cm³/mol. The predicted octanol–water partition coefficient (Wildman–Crippen LogP) is 3.98. The average Bonchev–Trinajstić information content (AvgIpc) is 2.28. The van der Waals surface area contributed by atoms with E-state index in [1.54, 1.807) is 7.11 Å². The minimum atomic E-state index is 0.183. The lowest BCUT2D eigenvalue weighted by molar-refractivity contribution is 0.136. The molecule has 0 aliphatic carbocycles. The zero-order valence-corrected chi connectivity index (χ0v) is 15.1. The van der Waals surface area contributed by atoms with Crippen LogP contribution in [0, 0.1) is 0 Å². The lowest BCUT2D eigenvalue weighted by Crippen LogP contribution is -2.38. The van der Waals surface area contributed by atoms with E-state index < -0.39 is 0 Å². The van der Waals surface area contributed by atoms with Crippen LogP contribution >= 0.6 is 47.8 Å². The number of ether oxygens (including phenoxy) is 2. The molecule has 0 aliphatic rings. The number of methoxy groups -OCH3 is 1. The van der Waals surface area contributed by atoms with Gasteiger partial charge in [-0.2, -0.15) is 0 Å². The topological polar surface area (TPSA) is 30.5 Å². The Morgan fingerprint density at radius 1 is 1.17 bits per heavy atom. The van der Waals surface area contributed by atoms with Gasteiger partial charge >= 0.3 is 0 Å². The molecular weight excluding hydrogens is 430 g/mol. The van der Waals surface area contributed by atoms with E-state index in [0.29, 0.717) is 13.2 Å². The van der Waals surface area contributed by atoms with Crippen LogP contribution in [0.25, 0.3) is 0 Å². The number of hydrogen-bond donors (Lipinski definition) is 1. The summed E-state index contributed by atoms with van der Waals surface area (Å²) >= 11 is 10.4. The summed E-state index contributed by atoms with van der Waals surface area (Å²) < 4.78 is 13.8. The molecule has 0 amide bonds. The van der Waals surface area contributed by atoms with Crippen LogP contribution in [-0.4, -0.2) is 32.9 Å². The van der Waals surface area contributed by atoms with Gasteiger partial charge in [-0.25, -0.2) is 0 Å². The molecule has 0 bridgehead atoms. The third-order valence-corrected chi connectivity index (χ3v) is 3.89. The van der Waals surface area contributed by atoms with Gasteiger partial charge in [0.1, 0.15) is 12.4 Å². The second-order valence-electron chi connectivity index (χ2n) is 3.72. The first kappa shape index (κ1) is 16.4. The van der Waals surface area contributed by atoms with Crippen molar-refractivity contribution in [2.75, 3.05) is 26.9 Å². The Morgan fingerprint density at radius 3 is 2.28 bits per heavy atom. The molecule has 0 saturated carbocycles. The molecule has 18 heavy (non-hydrogen) atoms. The highest BCUT2D eigenvalue weighted by Crippen LogP contribution is 2.36. The van der Waals surface area contributed by atoms with Crippen LogP contribution in [0.1, 0.15) is 6.92 Å². The summed E-state index contributed by atoms with van der Waals surface area (Å²) in [5.41, 5.74) is 0.